The number of carbonyl (C=O) groups excluding carboxylic acids is 2. The van der Waals surface area contributed by atoms with E-state index < -0.39 is 0 Å². The SMILES string of the molecule is CCOC1CC(N(C)C(=O)CNC(=O)CN)C12CCCCC2.Cl. The molecule has 0 aromatic heterocycles. The second-order valence-electron chi connectivity index (χ2n) is 6.47. The Balaban J connectivity index is 0.00000264. The van der Waals surface area contributed by atoms with Gasteiger partial charge in [-0.3, -0.25) is 9.59 Å². The highest BCUT2D eigenvalue weighted by Crippen LogP contribution is 2.55. The van der Waals surface area contributed by atoms with E-state index in [1.807, 2.05) is 18.9 Å². The average molecular weight is 348 g/mol. The van der Waals surface area contributed by atoms with Gasteiger partial charge in [0.2, 0.25) is 11.8 Å². The summed E-state index contributed by atoms with van der Waals surface area (Å²) in [5, 5.41) is 2.56. The number of halogens is 1. The molecular formula is C16H30ClN3O3. The van der Waals surface area contributed by atoms with Crippen LogP contribution in [0.1, 0.15) is 45.4 Å². The fraction of sp³-hybridized carbons (Fsp3) is 0.875. The number of nitrogens with two attached hydrogens (primary N) is 1. The Bertz CT molecular complexity index is 413. The van der Waals surface area contributed by atoms with Crippen molar-refractivity contribution >= 4 is 24.2 Å². The van der Waals surface area contributed by atoms with Gasteiger partial charge >= 0.3 is 0 Å². The quantitative estimate of drug-likeness (QED) is 0.752. The van der Waals surface area contributed by atoms with Crippen molar-refractivity contribution in [3.8, 4) is 0 Å². The van der Waals surface area contributed by atoms with Gasteiger partial charge in [-0.05, 0) is 26.2 Å². The number of likely N-dealkylation sites (N-methyl/N-ethyl adjacent to an activating group) is 1. The summed E-state index contributed by atoms with van der Waals surface area (Å²) in [6.45, 7) is 2.69. The second kappa shape index (κ2) is 8.85. The first-order valence-corrected chi connectivity index (χ1v) is 8.39. The van der Waals surface area contributed by atoms with Crippen LogP contribution < -0.4 is 11.1 Å². The molecule has 6 nitrogen and oxygen atoms in total. The molecule has 2 aliphatic carbocycles. The lowest BCUT2D eigenvalue weighted by Gasteiger charge is -2.60. The number of nitrogens with one attached hydrogen (secondary N) is 1. The van der Waals surface area contributed by atoms with E-state index in [1.165, 1.54) is 19.3 Å². The summed E-state index contributed by atoms with van der Waals surface area (Å²) in [6, 6.07) is 0.228. The highest BCUT2D eigenvalue weighted by Gasteiger charge is 2.57. The number of ether oxygens (including phenoxy) is 1. The second-order valence-corrected chi connectivity index (χ2v) is 6.47. The number of carbonyl (C=O) groups is 2. The summed E-state index contributed by atoms with van der Waals surface area (Å²) in [6.07, 6.45) is 7.15. The maximum Gasteiger partial charge on any atom is 0.241 e. The van der Waals surface area contributed by atoms with Gasteiger partial charge in [-0.2, -0.15) is 0 Å². The summed E-state index contributed by atoms with van der Waals surface area (Å²) in [5.74, 6) is -0.346. The molecule has 3 N–H and O–H groups in total. The molecule has 0 radical (unpaired) electrons. The Morgan fingerprint density at radius 1 is 1.30 bits per heavy atom. The van der Waals surface area contributed by atoms with E-state index in [-0.39, 0.29) is 54.9 Å². The molecule has 0 aromatic carbocycles. The zero-order valence-electron chi connectivity index (χ0n) is 14.2. The number of nitrogens with zero attached hydrogens (tertiary/aromatic N) is 1. The zero-order valence-corrected chi connectivity index (χ0v) is 15.0. The molecule has 2 rings (SSSR count). The standard InChI is InChI=1S/C16H29N3O3.ClH/c1-3-22-13-9-12(16(13)7-5-4-6-8-16)19(2)15(21)11-18-14(20)10-17;/h12-13H,3-11,17H2,1-2H3,(H,18,20);1H. The Hall–Kier alpha value is -0.850. The van der Waals surface area contributed by atoms with Gasteiger partial charge in [-0.1, -0.05) is 19.3 Å². The molecule has 23 heavy (non-hydrogen) atoms. The van der Waals surface area contributed by atoms with Crippen LogP contribution in [0.25, 0.3) is 0 Å². The predicted octanol–water partition coefficient (Wildman–Crippen LogP) is 1.07. The third-order valence-electron chi connectivity index (χ3n) is 5.38. The molecule has 0 heterocycles. The van der Waals surface area contributed by atoms with Gasteiger partial charge in [0, 0.05) is 25.1 Å². The van der Waals surface area contributed by atoms with Crippen molar-refractivity contribution in [1.82, 2.24) is 10.2 Å². The third-order valence-corrected chi connectivity index (χ3v) is 5.38. The molecule has 134 valence electrons. The molecule has 2 amide bonds. The van der Waals surface area contributed by atoms with Crippen LogP contribution in [0.2, 0.25) is 0 Å². The minimum absolute atomic E-state index is 0. The molecule has 7 heteroatoms. The molecule has 0 saturated heterocycles. The largest absolute Gasteiger partial charge is 0.378 e. The molecule has 2 unspecified atom stereocenters. The monoisotopic (exact) mass is 347 g/mol. The van der Waals surface area contributed by atoms with Crippen LogP contribution >= 0.6 is 12.4 Å². The topological polar surface area (TPSA) is 84.7 Å². The summed E-state index contributed by atoms with van der Waals surface area (Å²) in [4.78, 5) is 25.3. The third kappa shape index (κ3) is 4.17. The molecule has 2 saturated carbocycles. The van der Waals surface area contributed by atoms with Crippen molar-refractivity contribution in [3.63, 3.8) is 0 Å². The molecule has 0 aliphatic heterocycles. The van der Waals surface area contributed by atoms with Gasteiger partial charge in [0.25, 0.3) is 0 Å². The average Bonchev–Trinajstić information content (AvgIpc) is 2.55. The van der Waals surface area contributed by atoms with E-state index >= 15 is 0 Å². The summed E-state index contributed by atoms with van der Waals surface area (Å²) < 4.78 is 5.92. The molecule has 2 atom stereocenters. The van der Waals surface area contributed by atoms with Crippen molar-refractivity contribution in [2.24, 2.45) is 11.1 Å². The van der Waals surface area contributed by atoms with Gasteiger partial charge in [-0.15, -0.1) is 12.4 Å². The maximum atomic E-state index is 12.3. The van der Waals surface area contributed by atoms with E-state index in [4.69, 9.17) is 10.5 Å². The molecule has 2 aliphatic rings. The van der Waals surface area contributed by atoms with Crippen molar-refractivity contribution in [1.29, 1.82) is 0 Å². The van der Waals surface area contributed by atoms with E-state index in [0.29, 0.717) is 0 Å². The highest BCUT2D eigenvalue weighted by atomic mass is 35.5. The number of amides is 2. The summed E-state index contributed by atoms with van der Waals surface area (Å²) >= 11 is 0. The minimum atomic E-state index is -0.296. The van der Waals surface area contributed by atoms with Crippen LogP contribution in [0.15, 0.2) is 0 Å². The number of hydrogen-bond donors (Lipinski definition) is 2. The predicted molar refractivity (Wildman–Crippen MR) is 91.4 cm³/mol. The first-order chi connectivity index (χ1) is 10.5. The lowest BCUT2D eigenvalue weighted by atomic mass is 9.54. The van der Waals surface area contributed by atoms with Crippen LogP contribution in [-0.4, -0.2) is 55.6 Å². The van der Waals surface area contributed by atoms with Crippen LogP contribution in [0.5, 0.6) is 0 Å². The van der Waals surface area contributed by atoms with Crippen LogP contribution in [0, 0.1) is 5.41 Å². The number of rotatable bonds is 6. The Morgan fingerprint density at radius 3 is 2.52 bits per heavy atom. The van der Waals surface area contributed by atoms with Crippen LogP contribution in [-0.2, 0) is 14.3 Å². The van der Waals surface area contributed by atoms with Gasteiger partial charge in [0.15, 0.2) is 0 Å². The Morgan fingerprint density at radius 2 is 1.96 bits per heavy atom. The molecule has 2 fully saturated rings. The Kier molecular flexibility index (Phi) is 7.77. The van der Waals surface area contributed by atoms with E-state index in [1.54, 1.807) is 0 Å². The molecule has 1 spiro atoms. The van der Waals surface area contributed by atoms with E-state index in [2.05, 4.69) is 5.32 Å². The van der Waals surface area contributed by atoms with Crippen molar-refractivity contribution in [3.05, 3.63) is 0 Å². The molecule has 0 bridgehead atoms. The molecular weight excluding hydrogens is 318 g/mol. The smallest absolute Gasteiger partial charge is 0.241 e. The lowest BCUT2D eigenvalue weighted by Crippen LogP contribution is -2.66. The molecule has 0 aromatic rings. The van der Waals surface area contributed by atoms with Gasteiger partial charge in [0.1, 0.15) is 0 Å². The maximum absolute atomic E-state index is 12.3. The summed E-state index contributed by atoms with van der Waals surface area (Å²) in [5.41, 5.74) is 5.36. The van der Waals surface area contributed by atoms with E-state index in [9.17, 15) is 9.59 Å². The first-order valence-electron chi connectivity index (χ1n) is 8.39. The van der Waals surface area contributed by atoms with Crippen LogP contribution in [0.4, 0.5) is 0 Å². The number of hydrogen-bond acceptors (Lipinski definition) is 4. The van der Waals surface area contributed by atoms with Gasteiger partial charge in [0.05, 0.1) is 19.2 Å². The fourth-order valence-corrected chi connectivity index (χ4v) is 4.12. The highest BCUT2D eigenvalue weighted by molar-refractivity contribution is 5.86. The Labute approximate surface area is 144 Å². The fourth-order valence-electron chi connectivity index (χ4n) is 4.12. The minimum Gasteiger partial charge on any atom is -0.378 e. The van der Waals surface area contributed by atoms with Crippen molar-refractivity contribution in [2.75, 3.05) is 26.7 Å². The van der Waals surface area contributed by atoms with Gasteiger partial charge < -0.3 is 20.7 Å². The van der Waals surface area contributed by atoms with Crippen molar-refractivity contribution in [2.45, 2.75) is 57.6 Å². The van der Waals surface area contributed by atoms with Crippen molar-refractivity contribution < 1.29 is 14.3 Å². The zero-order chi connectivity index (χ0) is 16.2. The lowest BCUT2D eigenvalue weighted by molar-refractivity contribution is -0.184. The van der Waals surface area contributed by atoms with E-state index in [0.717, 1.165) is 25.9 Å². The summed E-state index contributed by atoms with van der Waals surface area (Å²) in [7, 11) is 1.85. The van der Waals surface area contributed by atoms with Crippen LogP contribution in [0.3, 0.4) is 0 Å². The first kappa shape index (κ1) is 20.2. The van der Waals surface area contributed by atoms with Gasteiger partial charge in [-0.25, -0.2) is 0 Å². The normalized spacial score (nSPS) is 25.2.